The van der Waals surface area contributed by atoms with Gasteiger partial charge in [0.1, 0.15) is 0 Å². The molecule has 2 fully saturated rings. The Morgan fingerprint density at radius 2 is 1.95 bits per heavy atom. The molecule has 4 N–H and O–H groups in total. The lowest BCUT2D eigenvalue weighted by atomic mass is 9.64. The second kappa shape index (κ2) is 14.9. The first-order valence-corrected chi connectivity index (χ1v) is 16.4. The lowest BCUT2D eigenvalue weighted by Crippen LogP contribution is -2.28. The van der Waals surface area contributed by atoms with Crippen molar-refractivity contribution in [1.82, 2.24) is 10.6 Å². The van der Waals surface area contributed by atoms with Gasteiger partial charge in [-0.25, -0.2) is 0 Å². The normalized spacial score (nSPS) is 27.9. The van der Waals surface area contributed by atoms with E-state index in [0.29, 0.717) is 5.92 Å². The zero-order valence-corrected chi connectivity index (χ0v) is 25.0. The Hall–Kier alpha value is -2.52. The molecule has 3 heteroatoms. The monoisotopic (exact) mass is 539 g/mol. The first kappa shape index (κ1) is 29.0. The summed E-state index contributed by atoms with van der Waals surface area (Å²) in [5.41, 5.74) is 16.9. The van der Waals surface area contributed by atoms with Crippen LogP contribution >= 0.6 is 0 Å². The molecule has 0 radical (unpaired) electrons. The molecule has 0 aromatic carbocycles. The molecule has 3 unspecified atom stereocenters. The van der Waals surface area contributed by atoms with Crippen molar-refractivity contribution in [2.75, 3.05) is 19.6 Å². The van der Waals surface area contributed by atoms with Gasteiger partial charge in [-0.1, -0.05) is 65.7 Å². The average Bonchev–Trinajstić information content (AvgIpc) is 3.55. The number of fused-ring (bicyclic) bond motifs is 1. The number of nitrogens with two attached hydrogens (primary N) is 1. The molecule has 0 spiro atoms. The summed E-state index contributed by atoms with van der Waals surface area (Å²) in [5, 5.41) is 7.35. The van der Waals surface area contributed by atoms with E-state index in [1.807, 2.05) is 5.57 Å². The largest absolute Gasteiger partial charge is 0.405 e. The SMILES string of the molecule is CC(=CC=C(CNC1=CC=CCC1)C1CCNC1)C1=C2CCCCC2C(C2=CC=C(CCCC=CN)CC2)CC1. The van der Waals surface area contributed by atoms with Crippen molar-refractivity contribution in [3.05, 3.63) is 93.9 Å². The molecule has 0 amide bonds. The van der Waals surface area contributed by atoms with E-state index in [9.17, 15) is 0 Å². The third-order valence-electron chi connectivity index (χ3n) is 10.1. The van der Waals surface area contributed by atoms with Crippen LogP contribution in [0.25, 0.3) is 0 Å². The van der Waals surface area contributed by atoms with E-state index < -0.39 is 0 Å². The Labute approximate surface area is 244 Å². The lowest BCUT2D eigenvalue weighted by Gasteiger charge is -2.41. The maximum atomic E-state index is 5.50. The van der Waals surface area contributed by atoms with Crippen LogP contribution in [0.5, 0.6) is 0 Å². The number of hydrogen-bond acceptors (Lipinski definition) is 3. The summed E-state index contributed by atoms with van der Waals surface area (Å²) in [4.78, 5) is 0. The van der Waals surface area contributed by atoms with Crippen LogP contribution < -0.4 is 16.4 Å². The standard InChI is InChI=1S/C37H53N3/c1-28(15-18-31(32-23-25-39-26-32)27-40-33-11-5-2-6-12-33)34-21-22-35(37-14-8-7-13-36(34)37)30-19-16-29(17-20-30)10-4-3-9-24-38/h2,5,9,11,15-16,18-19,24,32,35,37,39-40H,3-4,6-8,10,12-14,17,20-23,25-27,38H2,1H3. The van der Waals surface area contributed by atoms with Crippen molar-refractivity contribution in [2.24, 2.45) is 23.5 Å². The van der Waals surface area contributed by atoms with Crippen LogP contribution in [0.4, 0.5) is 0 Å². The second-order valence-corrected chi connectivity index (χ2v) is 12.7. The molecule has 5 aliphatic rings. The average molecular weight is 540 g/mol. The predicted octanol–water partition coefficient (Wildman–Crippen LogP) is 8.48. The highest BCUT2D eigenvalue weighted by Crippen LogP contribution is 2.49. The van der Waals surface area contributed by atoms with Crippen molar-refractivity contribution in [2.45, 2.75) is 96.8 Å². The van der Waals surface area contributed by atoms with E-state index in [1.165, 1.54) is 81.9 Å². The van der Waals surface area contributed by atoms with Crippen LogP contribution in [0.1, 0.15) is 96.8 Å². The fourth-order valence-corrected chi connectivity index (χ4v) is 7.78. The first-order valence-electron chi connectivity index (χ1n) is 16.4. The van der Waals surface area contributed by atoms with E-state index in [4.69, 9.17) is 5.73 Å². The van der Waals surface area contributed by atoms with Crippen molar-refractivity contribution >= 4 is 0 Å². The summed E-state index contributed by atoms with van der Waals surface area (Å²) in [6.45, 7) is 5.63. The first-order chi connectivity index (χ1) is 19.7. The quantitative estimate of drug-likeness (QED) is 0.182. The van der Waals surface area contributed by atoms with Crippen molar-refractivity contribution in [3.63, 3.8) is 0 Å². The number of allylic oxidation sites excluding steroid dienone is 14. The molecule has 3 atom stereocenters. The van der Waals surface area contributed by atoms with E-state index in [-0.39, 0.29) is 0 Å². The molecule has 1 saturated carbocycles. The molecule has 5 rings (SSSR count). The van der Waals surface area contributed by atoms with Gasteiger partial charge in [-0.3, -0.25) is 0 Å². The topological polar surface area (TPSA) is 50.1 Å². The molecule has 0 aromatic rings. The van der Waals surface area contributed by atoms with Crippen molar-refractivity contribution in [1.29, 1.82) is 0 Å². The van der Waals surface area contributed by atoms with E-state index >= 15 is 0 Å². The third-order valence-corrected chi connectivity index (χ3v) is 10.1. The molecular weight excluding hydrogens is 486 g/mol. The highest BCUT2D eigenvalue weighted by molar-refractivity contribution is 5.42. The zero-order valence-electron chi connectivity index (χ0n) is 25.0. The Morgan fingerprint density at radius 1 is 1.00 bits per heavy atom. The van der Waals surface area contributed by atoms with Gasteiger partial charge in [-0.15, -0.1) is 0 Å². The minimum Gasteiger partial charge on any atom is -0.405 e. The zero-order chi connectivity index (χ0) is 27.6. The molecule has 40 heavy (non-hydrogen) atoms. The minimum absolute atomic E-state index is 0.653. The summed E-state index contributed by atoms with van der Waals surface area (Å²) < 4.78 is 0. The molecule has 0 bridgehead atoms. The minimum atomic E-state index is 0.653. The van der Waals surface area contributed by atoms with Gasteiger partial charge in [0.05, 0.1) is 0 Å². The van der Waals surface area contributed by atoms with Gasteiger partial charge >= 0.3 is 0 Å². The Kier molecular flexibility index (Phi) is 10.8. The Balaban J connectivity index is 1.29. The van der Waals surface area contributed by atoms with Crippen LogP contribution in [-0.2, 0) is 0 Å². The van der Waals surface area contributed by atoms with Gasteiger partial charge in [0.2, 0.25) is 0 Å². The van der Waals surface area contributed by atoms with Gasteiger partial charge in [0.25, 0.3) is 0 Å². The molecule has 3 nitrogen and oxygen atoms in total. The van der Waals surface area contributed by atoms with E-state index in [2.05, 4.69) is 66.2 Å². The van der Waals surface area contributed by atoms with Gasteiger partial charge in [-0.05, 0) is 144 Å². The van der Waals surface area contributed by atoms with Crippen LogP contribution in [-0.4, -0.2) is 19.6 Å². The summed E-state index contributed by atoms with van der Waals surface area (Å²) in [6, 6.07) is 0. The van der Waals surface area contributed by atoms with Crippen LogP contribution in [0, 0.1) is 17.8 Å². The molecule has 1 aliphatic heterocycles. The van der Waals surface area contributed by atoms with Gasteiger partial charge in [0.15, 0.2) is 0 Å². The fraction of sp³-hybridized carbons (Fsp3) is 0.568. The number of hydrogen-bond donors (Lipinski definition) is 3. The molecule has 0 aromatic heterocycles. The van der Waals surface area contributed by atoms with Crippen LogP contribution in [0.3, 0.4) is 0 Å². The molecule has 1 saturated heterocycles. The van der Waals surface area contributed by atoms with E-state index in [1.54, 1.807) is 28.5 Å². The fourth-order valence-electron chi connectivity index (χ4n) is 7.78. The maximum Gasteiger partial charge on any atom is 0.0363 e. The molecule has 216 valence electrons. The van der Waals surface area contributed by atoms with Gasteiger partial charge in [0, 0.05) is 18.8 Å². The number of rotatable bonds is 11. The summed E-state index contributed by atoms with van der Waals surface area (Å²) in [7, 11) is 0. The number of nitrogens with one attached hydrogen (secondary N) is 2. The highest BCUT2D eigenvalue weighted by atomic mass is 14.9. The third kappa shape index (κ3) is 7.60. The molecular formula is C37H53N3. The van der Waals surface area contributed by atoms with Crippen molar-refractivity contribution in [3.8, 4) is 0 Å². The lowest BCUT2D eigenvalue weighted by molar-refractivity contribution is 0.308. The van der Waals surface area contributed by atoms with Crippen LogP contribution in [0.2, 0.25) is 0 Å². The summed E-state index contributed by atoms with van der Waals surface area (Å²) in [6.07, 6.45) is 38.1. The second-order valence-electron chi connectivity index (χ2n) is 12.7. The Bertz CT molecular complexity index is 1120. The number of unbranched alkanes of at least 4 members (excludes halogenated alkanes) is 1. The van der Waals surface area contributed by atoms with Crippen LogP contribution in [0.15, 0.2) is 93.9 Å². The summed E-state index contributed by atoms with van der Waals surface area (Å²) in [5.74, 6) is 2.19. The maximum absolute atomic E-state index is 5.50. The summed E-state index contributed by atoms with van der Waals surface area (Å²) >= 11 is 0. The Morgan fingerprint density at radius 3 is 2.73 bits per heavy atom. The molecule has 1 heterocycles. The van der Waals surface area contributed by atoms with Gasteiger partial charge < -0.3 is 16.4 Å². The van der Waals surface area contributed by atoms with E-state index in [0.717, 1.165) is 50.7 Å². The molecule has 4 aliphatic carbocycles. The predicted molar refractivity (Wildman–Crippen MR) is 172 cm³/mol. The van der Waals surface area contributed by atoms with Crippen molar-refractivity contribution < 1.29 is 0 Å². The highest BCUT2D eigenvalue weighted by Gasteiger charge is 2.35. The van der Waals surface area contributed by atoms with Gasteiger partial charge in [-0.2, -0.15) is 0 Å². The smallest absolute Gasteiger partial charge is 0.0363 e.